The molecule has 0 spiro atoms. The van der Waals surface area contributed by atoms with E-state index < -0.39 is 4.92 Å². The standard InChI is InChI=1S/C16H22N2O3/c1-10-5-4-6-14(11(10)2)17-15-8-7-13(12(3)19)9-16(15)18(20)21/h7-11,14,17H,4-6H2,1-3H3/t10-,11-,14-/m1/s1. The highest BCUT2D eigenvalue weighted by Gasteiger charge is 2.28. The number of carbonyl (C=O) groups excluding carboxylic acids is 1. The molecule has 0 radical (unpaired) electrons. The average molecular weight is 290 g/mol. The minimum atomic E-state index is -0.425. The summed E-state index contributed by atoms with van der Waals surface area (Å²) < 4.78 is 0. The highest BCUT2D eigenvalue weighted by Crippen LogP contribution is 2.34. The van der Waals surface area contributed by atoms with E-state index in [0.717, 1.165) is 12.8 Å². The van der Waals surface area contributed by atoms with Crippen molar-refractivity contribution in [2.75, 3.05) is 5.32 Å². The van der Waals surface area contributed by atoms with Crippen LogP contribution in [0.4, 0.5) is 11.4 Å². The Labute approximate surface area is 124 Å². The first-order valence-electron chi connectivity index (χ1n) is 7.46. The molecule has 1 aromatic carbocycles. The van der Waals surface area contributed by atoms with Crippen LogP contribution in [-0.2, 0) is 0 Å². The molecular weight excluding hydrogens is 268 g/mol. The van der Waals surface area contributed by atoms with Crippen molar-refractivity contribution in [3.05, 3.63) is 33.9 Å². The second-order valence-electron chi connectivity index (χ2n) is 6.06. The Kier molecular flexibility index (Phi) is 4.60. The van der Waals surface area contributed by atoms with Gasteiger partial charge in [0.25, 0.3) is 5.69 Å². The number of rotatable bonds is 4. The Hall–Kier alpha value is -1.91. The summed E-state index contributed by atoms with van der Waals surface area (Å²) in [4.78, 5) is 22.2. The normalized spacial score (nSPS) is 25.4. The van der Waals surface area contributed by atoms with Crippen LogP contribution in [0, 0.1) is 22.0 Å². The lowest BCUT2D eigenvalue weighted by Crippen LogP contribution is -2.35. The summed E-state index contributed by atoms with van der Waals surface area (Å²) in [7, 11) is 0. The molecule has 0 amide bonds. The van der Waals surface area contributed by atoms with Crippen molar-refractivity contribution in [3.63, 3.8) is 0 Å². The SMILES string of the molecule is CC(=O)c1ccc(N[C@@H]2CCC[C@@H](C)[C@H]2C)c([N+](=O)[O-])c1. The number of nitro groups is 1. The van der Waals surface area contributed by atoms with Crippen LogP contribution in [0.25, 0.3) is 0 Å². The summed E-state index contributed by atoms with van der Waals surface area (Å²) in [5.74, 6) is 0.932. The van der Waals surface area contributed by atoms with Crippen molar-refractivity contribution < 1.29 is 9.72 Å². The van der Waals surface area contributed by atoms with Crippen LogP contribution in [0.1, 0.15) is 50.4 Å². The average Bonchev–Trinajstić information content (AvgIpc) is 2.43. The smallest absolute Gasteiger partial charge is 0.293 e. The Morgan fingerprint density at radius 2 is 2.05 bits per heavy atom. The maximum atomic E-state index is 11.4. The molecule has 3 atom stereocenters. The quantitative estimate of drug-likeness (QED) is 0.516. The Balaban J connectivity index is 2.27. The Morgan fingerprint density at radius 3 is 2.67 bits per heavy atom. The molecule has 0 saturated heterocycles. The van der Waals surface area contributed by atoms with E-state index in [0.29, 0.717) is 23.1 Å². The predicted molar refractivity (Wildman–Crippen MR) is 82.7 cm³/mol. The third-order valence-corrected chi connectivity index (χ3v) is 4.65. The molecule has 1 fully saturated rings. The minimum Gasteiger partial charge on any atom is -0.376 e. The van der Waals surface area contributed by atoms with Crippen LogP contribution in [0.3, 0.4) is 0 Å². The lowest BCUT2D eigenvalue weighted by Gasteiger charge is -2.35. The number of hydrogen-bond acceptors (Lipinski definition) is 4. The van der Waals surface area contributed by atoms with Crippen LogP contribution in [0.2, 0.25) is 0 Å². The molecule has 5 heteroatoms. The van der Waals surface area contributed by atoms with Crippen molar-refractivity contribution in [1.29, 1.82) is 0 Å². The minimum absolute atomic E-state index is 0.0203. The zero-order chi connectivity index (χ0) is 15.6. The molecule has 114 valence electrons. The van der Waals surface area contributed by atoms with Gasteiger partial charge in [0.2, 0.25) is 0 Å². The number of nitrogens with one attached hydrogen (secondary N) is 1. The first kappa shape index (κ1) is 15.5. The number of nitrogens with zero attached hydrogens (tertiary/aromatic N) is 1. The number of Topliss-reactive ketones (excluding diaryl/α,β-unsaturated/α-hetero) is 1. The number of anilines is 1. The van der Waals surface area contributed by atoms with E-state index in [2.05, 4.69) is 19.2 Å². The summed E-state index contributed by atoms with van der Waals surface area (Å²) in [5.41, 5.74) is 0.862. The monoisotopic (exact) mass is 290 g/mol. The first-order valence-corrected chi connectivity index (χ1v) is 7.46. The lowest BCUT2D eigenvalue weighted by atomic mass is 9.78. The van der Waals surface area contributed by atoms with Gasteiger partial charge in [-0.05, 0) is 37.3 Å². The van der Waals surface area contributed by atoms with Crippen LogP contribution >= 0.6 is 0 Å². The largest absolute Gasteiger partial charge is 0.376 e. The molecular formula is C16H22N2O3. The van der Waals surface area contributed by atoms with Crippen molar-refractivity contribution >= 4 is 17.2 Å². The van der Waals surface area contributed by atoms with Crippen LogP contribution in [0.5, 0.6) is 0 Å². The van der Waals surface area contributed by atoms with E-state index in [-0.39, 0.29) is 17.5 Å². The molecule has 2 rings (SSSR count). The van der Waals surface area contributed by atoms with Gasteiger partial charge in [0.1, 0.15) is 5.69 Å². The molecule has 1 saturated carbocycles. The van der Waals surface area contributed by atoms with E-state index in [4.69, 9.17) is 0 Å². The fourth-order valence-corrected chi connectivity index (χ4v) is 3.01. The molecule has 1 aromatic rings. The van der Waals surface area contributed by atoms with Crippen LogP contribution in [-0.4, -0.2) is 16.7 Å². The molecule has 1 N–H and O–H groups in total. The fraction of sp³-hybridized carbons (Fsp3) is 0.562. The predicted octanol–water partition coefficient (Wildman–Crippen LogP) is 4.03. The van der Waals surface area contributed by atoms with Crippen molar-refractivity contribution in [1.82, 2.24) is 0 Å². The van der Waals surface area contributed by atoms with E-state index >= 15 is 0 Å². The zero-order valence-electron chi connectivity index (χ0n) is 12.8. The van der Waals surface area contributed by atoms with Crippen LogP contribution in [0.15, 0.2) is 18.2 Å². The van der Waals surface area contributed by atoms with E-state index in [1.54, 1.807) is 12.1 Å². The Morgan fingerprint density at radius 1 is 1.33 bits per heavy atom. The third-order valence-electron chi connectivity index (χ3n) is 4.65. The van der Waals surface area contributed by atoms with Gasteiger partial charge in [-0.15, -0.1) is 0 Å². The van der Waals surface area contributed by atoms with Gasteiger partial charge in [-0.3, -0.25) is 14.9 Å². The van der Waals surface area contributed by atoms with Gasteiger partial charge in [-0.25, -0.2) is 0 Å². The lowest BCUT2D eigenvalue weighted by molar-refractivity contribution is -0.384. The number of benzene rings is 1. The van der Waals surface area contributed by atoms with Gasteiger partial charge in [-0.2, -0.15) is 0 Å². The molecule has 5 nitrogen and oxygen atoms in total. The number of carbonyl (C=O) groups is 1. The second-order valence-corrected chi connectivity index (χ2v) is 6.06. The maximum absolute atomic E-state index is 11.4. The summed E-state index contributed by atoms with van der Waals surface area (Å²) in [6, 6.07) is 4.91. The molecule has 0 aliphatic heterocycles. The molecule has 0 heterocycles. The topological polar surface area (TPSA) is 72.2 Å². The number of ketones is 1. The van der Waals surface area contributed by atoms with Gasteiger partial charge in [-0.1, -0.05) is 26.7 Å². The highest BCUT2D eigenvalue weighted by molar-refractivity contribution is 5.95. The molecule has 0 unspecified atom stereocenters. The molecule has 1 aliphatic carbocycles. The highest BCUT2D eigenvalue weighted by atomic mass is 16.6. The second kappa shape index (κ2) is 6.24. The van der Waals surface area contributed by atoms with Crippen molar-refractivity contribution in [3.8, 4) is 0 Å². The van der Waals surface area contributed by atoms with Gasteiger partial charge in [0.15, 0.2) is 5.78 Å². The summed E-state index contributed by atoms with van der Waals surface area (Å²) in [5, 5.41) is 14.6. The molecule has 1 aliphatic rings. The third kappa shape index (κ3) is 3.40. The Bertz CT molecular complexity index is 556. The van der Waals surface area contributed by atoms with Gasteiger partial charge < -0.3 is 5.32 Å². The van der Waals surface area contributed by atoms with E-state index in [9.17, 15) is 14.9 Å². The van der Waals surface area contributed by atoms with Gasteiger partial charge in [0.05, 0.1) is 4.92 Å². The van der Waals surface area contributed by atoms with Crippen molar-refractivity contribution in [2.24, 2.45) is 11.8 Å². The first-order chi connectivity index (χ1) is 9.90. The van der Waals surface area contributed by atoms with Gasteiger partial charge >= 0.3 is 0 Å². The number of nitro benzene ring substituents is 1. The summed E-state index contributed by atoms with van der Waals surface area (Å²) >= 11 is 0. The number of hydrogen-bond donors (Lipinski definition) is 1. The van der Waals surface area contributed by atoms with Crippen molar-refractivity contribution in [2.45, 2.75) is 46.1 Å². The summed E-state index contributed by atoms with van der Waals surface area (Å²) in [6.45, 7) is 5.83. The summed E-state index contributed by atoms with van der Waals surface area (Å²) in [6.07, 6.45) is 3.38. The fourth-order valence-electron chi connectivity index (χ4n) is 3.01. The maximum Gasteiger partial charge on any atom is 0.293 e. The van der Waals surface area contributed by atoms with E-state index in [1.807, 2.05) is 0 Å². The van der Waals surface area contributed by atoms with E-state index in [1.165, 1.54) is 19.4 Å². The molecule has 21 heavy (non-hydrogen) atoms. The molecule has 0 aromatic heterocycles. The van der Waals surface area contributed by atoms with Gasteiger partial charge in [0, 0.05) is 17.7 Å². The molecule has 0 bridgehead atoms. The van der Waals surface area contributed by atoms with Crippen LogP contribution < -0.4 is 5.32 Å². The zero-order valence-corrected chi connectivity index (χ0v) is 12.8.